The Bertz CT molecular complexity index is 1010. The van der Waals surface area contributed by atoms with Gasteiger partial charge in [0.15, 0.2) is 0 Å². The van der Waals surface area contributed by atoms with Crippen molar-refractivity contribution < 1.29 is 60.0 Å². The molecular weight excluding hydrogens is 557 g/mol. The molecule has 0 saturated heterocycles. The summed E-state index contributed by atoms with van der Waals surface area (Å²) in [5.41, 5.74) is 1.86. The monoisotopic (exact) mass is 607 g/mol. The van der Waals surface area contributed by atoms with E-state index in [4.69, 9.17) is 0 Å². The first-order chi connectivity index (χ1) is 18.2. The Hall–Kier alpha value is -0.780. The van der Waals surface area contributed by atoms with Crippen LogP contribution in [0.15, 0.2) is 58.3 Å². The van der Waals surface area contributed by atoms with Crippen molar-refractivity contribution in [1.29, 1.82) is 0 Å². The van der Waals surface area contributed by atoms with Gasteiger partial charge in [-0.2, -0.15) is 0 Å². The van der Waals surface area contributed by atoms with Crippen molar-refractivity contribution in [2.24, 2.45) is 0 Å². The van der Waals surface area contributed by atoms with Crippen molar-refractivity contribution in [1.82, 2.24) is 0 Å². The molecule has 0 aliphatic rings. The molecule has 0 fully saturated rings. The van der Waals surface area contributed by atoms with Gasteiger partial charge in [-0.15, -0.1) is 0 Å². The third kappa shape index (κ3) is 18.6. The number of aryl methyl sites for hydroxylation is 2. The van der Waals surface area contributed by atoms with Crippen molar-refractivity contribution in [3.8, 4) is 0 Å². The van der Waals surface area contributed by atoms with Gasteiger partial charge in [-0.3, -0.25) is 0 Å². The number of hydrogen-bond donors (Lipinski definition) is 0. The molecule has 0 N–H and O–H groups in total. The molecule has 0 saturated carbocycles. The Labute approximate surface area is 267 Å². The molecule has 7 nitrogen and oxygen atoms in total. The third-order valence-electron chi connectivity index (χ3n) is 6.56. The van der Waals surface area contributed by atoms with Gasteiger partial charge in [-0.05, 0) is 63.8 Å². The predicted molar refractivity (Wildman–Crippen MR) is 158 cm³/mol. The van der Waals surface area contributed by atoms with Crippen molar-refractivity contribution in [3.05, 3.63) is 59.7 Å². The van der Waals surface area contributed by atoms with Gasteiger partial charge in [0.1, 0.15) is 20.2 Å². The van der Waals surface area contributed by atoms with Crippen molar-refractivity contribution in [3.63, 3.8) is 0 Å². The molecule has 0 bridgehead atoms. The molecule has 0 amide bonds. The number of nitrogens with zero attached hydrogens (tertiary/aromatic N) is 1. The van der Waals surface area contributed by atoms with E-state index in [0.717, 1.165) is 11.1 Å². The number of quaternary nitrogens is 1. The van der Waals surface area contributed by atoms with E-state index in [0.29, 0.717) is 0 Å². The zero-order valence-corrected chi connectivity index (χ0v) is 29.5. The van der Waals surface area contributed by atoms with Gasteiger partial charge in [0.05, 0.1) is 36.0 Å². The van der Waals surface area contributed by atoms with E-state index < -0.39 is 20.2 Å². The van der Waals surface area contributed by atoms with Crippen LogP contribution in [0.4, 0.5) is 0 Å². The maximum Gasteiger partial charge on any atom is 1.00 e. The molecule has 0 atom stereocenters. The van der Waals surface area contributed by atoms with Gasteiger partial charge in [0, 0.05) is 0 Å². The minimum atomic E-state index is -4.27. The Morgan fingerprint density at radius 1 is 0.525 bits per heavy atom. The summed E-state index contributed by atoms with van der Waals surface area (Å²) in [7, 11) is -8.54. The van der Waals surface area contributed by atoms with Crippen LogP contribution in [0.2, 0.25) is 0 Å². The topological polar surface area (TPSA) is 114 Å². The first-order valence-corrected chi connectivity index (χ1v) is 17.0. The van der Waals surface area contributed by atoms with E-state index in [9.17, 15) is 25.9 Å². The molecule has 0 heterocycles. The molecule has 10 heteroatoms. The Balaban J connectivity index is 0. The third-order valence-corrected chi connectivity index (χ3v) is 8.26. The van der Waals surface area contributed by atoms with Crippen LogP contribution in [-0.4, -0.2) is 56.6 Å². The number of hydrogen-bond acceptors (Lipinski definition) is 6. The minimum absolute atomic E-state index is 0. The van der Waals surface area contributed by atoms with E-state index in [2.05, 4.69) is 27.7 Å². The maximum absolute atomic E-state index is 10.4. The number of benzene rings is 2. The van der Waals surface area contributed by atoms with E-state index in [1.165, 1.54) is 106 Å². The van der Waals surface area contributed by atoms with E-state index in [1.807, 2.05) is 13.8 Å². The van der Waals surface area contributed by atoms with Crippen molar-refractivity contribution >= 4 is 20.2 Å². The zero-order valence-electron chi connectivity index (χ0n) is 25.8. The maximum atomic E-state index is 10.4. The average molecular weight is 608 g/mol. The SMILES string of the molecule is CCCC[N+](CCCC)(CCCC)CCCC.Cc1ccc(S(=O)(=O)[O-])cc1.Cc1ccc(S(=O)(=O)[O-])cc1.[Na+]. The predicted octanol–water partition coefficient (Wildman–Crippen LogP) is 3.81. The van der Waals surface area contributed by atoms with Crippen LogP contribution in [0.3, 0.4) is 0 Å². The van der Waals surface area contributed by atoms with Crippen molar-refractivity contribution in [2.75, 3.05) is 26.2 Å². The van der Waals surface area contributed by atoms with Crippen LogP contribution in [0.1, 0.15) is 90.2 Å². The van der Waals surface area contributed by atoms with E-state index in [-0.39, 0.29) is 39.3 Å². The molecule has 40 heavy (non-hydrogen) atoms. The molecule has 224 valence electrons. The second-order valence-corrected chi connectivity index (χ2v) is 12.9. The van der Waals surface area contributed by atoms with Crippen LogP contribution in [0, 0.1) is 13.8 Å². The second-order valence-electron chi connectivity index (χ2n) is 10.2. The first-order valence-electron chi connectivity index (χ1n) is 14.1. The summed E-state index contributed by atoms with van der Waals surface area (Å²) >= 11 is 0. The van der Waals surface area contributed by atoms with Crippen molar-refractivity contribution in [2.45, 2.75) is 103 Å². The molecule has 0 aliphatic heterocycles. The molecule has 0 aliphatic carbocycles. The zero-order chi connectivity index (χ0) is 30.0. The van der Waals surface area contributed by atoms with Crippen LogP contribution in [0.5, 0.6) is 0 Å². The summed E-state index contributed by atoms with van der Waals surface area (Å²) in [6.07, 6.45) is 11.1. The number of unbranched alkanes of at least 4 members (excludes halogenated alkanes) is 4. The summed E-state index contributed by atoms with van der Waals surface area (Å²) in [6, 6.07) is 11.6. The second kappa shape index (κ2) is 21.9. The smallest absolute Gasteiger partial charge is 0.744 e. The van der Waals surface area contributed by atoms with E-state index in [1.54, 1.807) is 24.3 Å². The quantitative estimate of drug-likeness (QED) is 0.183. The standard InChI is InChI=1S/C16H36N.2C7H8O3S.Na/c1-5-9-13-17(14-10-6-2,15-11-7-3)16-12-8-4;2*1-6-2-4-7(5-3-6)11(8,9)10;/h5-16H2,1-4H3;2*2-5H,1H3,(H,8,9,10);/q+1;;;+1/p-2. The largest absolute Gasteiger partial charge is 1.00 e. The Morgan fingerprint density at radius 2 is 0.750 bits per heavy atom. The molecule has 0 spiro atoms. The Morgan fingerprint density at radius 3 is 0.925 bits per heavy atom. The molecule has 0 aromatic heterocycles. The van der Waals surface area contributed by atoms with Crippen LogP contribution in [0.25, 0.3) is 0 Å². The summed E-state index contributed by atoms with van der Waals surface area (Å²) in [5, 5.41) is 0. The molecule has 2 aromatic rings. The molecule has 2 rings (SSSR count). The van der Waals surface area contributed by atoms with Crippen LogP contribution >= 0.6 is 0 Å². The van der Waals surface area contributed by atoms with Gasteiger partial charge in [-0.25, -0.2) is 16.8 Å². The number of rotatable bonds is 14. The fourth-order valence-corrected chi connectivity index (χ4v) is 4.99. The molecule has 0 radical (unpaired) electrons. The molecular formula is C30H50NNaO6S2. The first kappa shape index (κ1) is 41.4. The van der Waals surface area contributed by atoms with Crippen LogP contribution in [-0.2, 0) is 20.2 Å². The normalized spacial score (nSPS) is 11.4. The average Bonchev–Trinajstić information content (AvgIpc) is 2.88. The minimum Gasteiger partial charge on any atom is -0.744 e. The summed E-state index contributed by atoms with van der Waals surface area (Å²) < 4.78 is 63.8. The van der Waals surface area contributed by atoms with Crippen LogP contribution < -0.4 is 29.6 Å². The fourth-order valence-electron chi connectivity index (χ4n) is 4.05. The molecule has 2 aromatic carbocycles. The van der Waals surface area contributed by atoms with Gasteiger partial charge in [0.2, 0.25) is 0 Å². The van der Waals surface area contributed by atoms with Gasteiger partial charge < -0.3 is 13.6 Å². The van der Waals surface area contributed by atoms with Gasteiger partial charge in [0.25, 0.3) is 0 Å². The Kier molecular flexibility index (Phi) is 22.6. The van der Waals surface area contributed by atoms with E-state index >= 15 is 0 Å². The summed E-state index contributed by atoms with van der Waals surface area (Å²) in [4.78, 5) is -0.355. The fraction of sp³-hybridized carbons (Fsp3) is 0.600. The summed E-state index contributed by atoms with van der Waals surface area (Å²) in [6.45, 7) is 18.7. The van der Waals surface area contributed by atoms with Gasteiger partial charge in [-0.1, -0.05) is 88.8 Å². The summed E-state index contributed by atoms with van der Waals surface area (Å²) in [5.74, 6) is 0. The molecule has 0 unspecified atom stereocenters. The van der Waals surface area contributed by atoms with Gasteiger partial charge >= 0.3 is 29.6 Å².